The fourth-order valence-corrected chi connectivity index (χ4v) is 8.53. The molecule has 0 aliphatic carbocycles. The monoisotopic (exact) mass is 638 g/mol. The average molecular weight is 638 g/mol. The molecule has 0 nitrogen and oxygen atoms in total. The Hall–Kier alpha value is 1.50. The van der Waals surface area contributed by atoms with Crippen LogP contribution in [0.1, 0.15) is 182 Å². The fourth-order valence-electron chi connectivity index (χ4n) is 3.93. The summed E-state index contributed by atoms with van der Waals surface area (Å²) in [5.74, 6) is 2.13. The number of hydrogen-bond acceptors (Lipinski definition) is 2. The summed E-state index contributed by atoms with van der Waals surface area (Å²) in [5, 5.41) is 0. The second kappa shape index (κ2) is 45.4. The van der Waals surface area contributed by atoms with Crippen molar-refractivity contribution in [3.05, 3.63) is 0 Å². The van der Waals surface area contributed by atoms with Crippen molar-refractivity contribution in [2.75, 3.05) is 11.5 Å². The van der Waals surface area contributed by atoms with Crippen molar-refractivity contribution in [1.82, 2.24) is 0 Å². The van der Waals surface area contributed by atoms with Gasteiger partial charge in [-0.05, 0) is 24.3 Å². The summed E-state index contributed by atoms with van der Waals surface area (Å²) >= 11 is 8.55. The molecule has 2 radical (unpaired) electrons. The molecule has 0 aliphatic heterocycles. The molecule has 0 spiro atoms. The van der Waals surface area contributed by atoms with Crippen LogP contribution in [0, 0.1) is 0 Å². The van der Waals surface area contributed by atoms with Gasteiger partial charge in [-0.2, -0.15) is 25.3 Å². The van der Waals surface area contributed by atoms with Crippen molar-refractivity contribution in [1.29, 1.82) is 0 Å². The van der Waals surface area contributed by atoms with Crippen LogP contribution >= 0.6 is 25.3 Å². The third-order valence-corrected chi connectivity index (χ3v) is 11.1. The molecule has 0 saturated carbocycles. The Bertz CT molecular complexity index is 251. The Labute approximate surface area is 247 Å². The Balaban J connectivity index is -0.000000448. The summed E-state index contributed by atoms with van der Waals surface area (Å²) in [6.07, 6.45) is 34.2. The summed E-state index contributed by atoms with van der Waals surface area (Å²) in [4.78, 5) is 0. The first-order valence-corrected chi connectivity index (χ1v) is 21.5. The molecule has 0 aromatic heterocycles. The molecule has 0 amide bonds. The van der Waals surface area contributed by atoms with E-state index in [2.05, 4.69) is 53.0 Å². The van der Waals surface area contributed by atoms with E-state index < -0.39 is 0 Å². The number of hydrogen-bond donors (Lipinski definition) is 2. The van der Waals surface area contributed by atoms with Gasteiger partial charge in [-0.1, -0.05) is 129 Å². The average Bonchev–Trinajstić information content (AvgIpc) is 2.88. The van der Waals surface area contributed by atoms with E-state index in [1.54, 1.807) is 8.87 Å². The minimum absolute atomic E-state index is 0.149. The SMILES string of the molecule is CCCCCCCCCCCCS.CCCCCCCCCCCCS.CCC[CH2][Sn][CH2]CCC. The standard InChI is InChI=1S/2C12H26S.2C4H9.Sn/c2*1-2-3-4-5-6-7-8-9-10-11-12-13;2*1-3-4-2;/h2*13H,2-12H2,1H3;2*1,3-4H2,2H3;. The van der Waals surface area contributed by atoms with Crippen LogP contribution in [0.15, 0.2) is 0 Å². The van der Waals surface area contributed by atoms with Crippen LogP contribution in [0.25, 0.3) is 0 Å². The molecule has 0 unspecified atom stereocenters. The molecule has 3 heteroatoms. The van der Waals surface area contributed by atoms with Gasteiger partial charge in [-0.25, -0.2) is 0 Å². The predicted octanol–water partition coefficient (Wildman–Crippen LogP) is 12.8. The molecule has 0 N–H and O–H groups in total. The molecular weight excluding hydrogens is 567 g/mol. The molecule has 0 saturated heterocycles. The molecule has 0 fully saturated rings. The zero-order valence-electron chi connectivity index (χ0n) is 25.2. The second-order valence-electron chi connectivity index (χ2n) is 10.3. The topological polar surface area (TPSA) is 0 Å². The van der Waals surface area contributed by atoms with Crippen molar-refractivity contribution in [3.8, 4) is 0 Å². The van der Waals surface area contributed by atoms with E-state index in [9.17, 15) is 0 Å². The fraction of sp³-hybridized carbons (Fsp3) is 1.00. The van der Waals surface area contributed by atoms with Gasteiger partial charge in [0.25, 0.3) is 0 Å². The Morgan fingerprint density at radius 1 is 0.314 bits per heavy atom. The van der Waals surface area contributed by atoms with Crippen LogP contribution in [-0.4, -0.2) is 32.6 Å². The van der Waals surface area contributed by atoms with Gasteiger partial charge in [0.2, 0.25) is 0 Å². The van der Waals surface area contributed by atoms with E-state index in [4.69, 9.17) is 0 Å². The van der Waals surface area contributed by atoms with Crippen LogP contribution < -0.4 is 0 Å². The molecule has 0 rings (SSSR count). The third-order valence-electron chi connectivity index (χ3n) is 6.44. The molecule has 0 heterocycles. The first kappa shape index (κ1) is 41.0. The van der Waals surface area contributed by atoms with Gasteiger partial charge >= 0.3 is 69.5 Å². The zero-order chi connectivity index (χ0) is 26.5. The quantitative estimate of drug-likeness (QED) is 0.0526. The number of thiol groups is 2. The van der Waals surface area contributed by atoms with E-state index >= 15 is 0 Å². The molecule has 0 aromatic carbocycles. The van der Waals surface area contributed by atoms with Gasteiger partial charge in [0, 0.05) is 0 Å². The summed E-state index contributed by atoms with van der Waals surface area (Å²) in [7, 11) is 0. The normalized spacial score (nSPS) is 10.5. The van der Waals surface area contributed by atoms with Gasteiger partial charge in [0.05, 0.1) is 0 Å². The molecule has 0 aromatic rings. The van der Waals surface area contributed by atoms with Gasteiger partial charge in [-0.3, -0.25) is 0 Å². The van der Waals surface area contributed by atoms with Crippen LogP contribution in [0.2, 0.25) is 8.87 Å². The summed E-state index contributed by atoms with van der Waals surface area (Å²) in [6.45, 7) is 9.13. The molecule has 214 valence electrons. The van der Waals surface area contributed by atoms with Crippen LogP contribution in [0.5, 0.6) is 0 Å². The maximum atomic E-state index is 4.20. The minimum atomic E-state index is 0.149. The zero-order valence-corrected chi connectivity index (χ0v) is 29.8. The van der Waals surface area contributed by atoms with Gasteiger partial charge in [0.1, 0.15) is 0 Å². The van der Waals surface area contributed by atoms with Crippen molar-refractivity contribution in [3.63, 3.8) is 0 Å². The van der Waals surface area contributed by atoms with E-state index in [0.717, 1.165) is 11.5 Å². The maximum absolute atomic E-state index is 4.20. The summed E-state index contributed by atoms with van der Waals surface area (Å²) in [5.41, 5.74) is 0. The van der Waals surface area contributed by atoms with Crippen molar-refractivity contribution >= 4 is 46.4 Å². The molecule has 0 aliphatic rings. The van der Waals surface area contributed by atoms with Gasteiger partial charge in [-0.15, -0.1) is 0 Å². The van der Waals surface area contributed by atoms with E-state index in [0.29, 0.717) is 0 Å². The second-order valence-corrected chi connectivity index (χ2v) is 15.4. The van der Waals surface area contributed by atoms with E-state index in [1.807, 2.05) is 0 Å². The van der Waals surface area contributed by atoms with Gasteiger partial charge in [0.15, 0.2) is 0 Å². The third kappa shape index (κ3) is 52.7. The van der Waals surface area contributed by atoms with Gasteiger partial charge < -0.3 is 0 Å². The van der Waals surface area contributed by atoms with Crippen LogP contribution in [0.3, 0.4) is 0 Å². The number of unbranched alkanes of at least 4 members (excludes halogenated alkanes) is 20. The Morgan fingerprint density at radius 3 is 0.771 bits per heavy atom. The van der Waals surface area contributed by atoms with Crippen LogP contribution in [-0.2, 0) is 0 Å². The first-order valence-electron chi connectivity index (χ1n) is 16.2. The van der Waals surface area contributed by atoms with Crippen molar-refractivity contribution in [2.24, 2.45) is 0 Å². The first-order chi connectivity index (χ1) is 17.2. The summed E-state index contributed by atoms with van der Waals surface area (Å²) in [6, 6.07) is 0. The molecule has 0 atom stereocenters. The van der Waals surface area contributed by atoms with E-state index in [-0.39, 0.29) is 21.1 Å². The Morgan fingerprint density at radius 2 is 0.543 bits per heavy atom. The molecule has 0 bridgehead atoms. The Kier molecular flexibility index (Phi) is 53.2. The van der Waals surface area contributed by atoms with E-state index in [1.165, 1.54) is 154 Å². The van der Waals surface area contributed by atoms with Crippen LogP contribution in [0.4, 0.5) is 0 Å². The predicted molar refractivity (Wildman–Crippen MR) is 177 cm³/mol. The molecular formula is C32H70S2Sn. The van der Waals surface area contributed by atoms with Crippen molar-refractivity contribution < 1.29 is 0 Å². The summed E-state index contributed by atoms with van der Waals surface area (Å²) < 4.78 is 3.25. The van der Waals surface area contributed by atoms with Crippen molar-refractivity contribution in [2.45, 2.75) is 191 Å². The molecule has 35 heavy (non-hydrogen) atoms. The number of rotatable bonds is 26.